The molecule has 122 valence electrons. The van der Waals surface area contributed by atoms with Crippen LogP contribution in [0.15, 0.2) is 41.6 Å². The highest BCUT2D eigenvalue weighted by molar-refractivity contribution is 7.89. The summed E-state index contributed by atoms with van der Waals surface area (Å²) < 4.78 is 27.2. The quantitative estimate of drug-likeness (QED) is 0.770. The smallest absolute Gasteiger partial charge is 0.243 e. The van der Waals surface area contributed by atoms with E-state index in [1.807, 2.05) is 0 Å². The van der Waals surface area contributed by atoms with E-state index >= 15 is 0 Å². The third-order valence-electron chi connectivity index (χ3n) is 4.03. The number of sulfonamides is 1. The van der Waals surface area contributed by atoms with E-state index in [2.05, 4.69) is 10.2 Å². The molecular weight excluding hydrogens is 316 g/mol. The van der Waals surface area contributed by atoms with E-state index in [-0.39, 0.29) is 16.7 Å². The number of ketones is 1. The fraction of sp³-hybridized carbons (Fsp3) is 0.400. The minimum atomic E-state index is -3.58. The van der Waals surface area contributed by atoms with Crippen molar-refractivity contribution in [1.82, 2.24) is 19.3 Å². The predicted octanol–water partition coefficient (Wildman–Crippen LogP) is 1.33. The number of hydrogen-bond acceptors (Lipinski definition) is 5. The van der Waals surface area contributed by atoms with Gasteiger partial charge in [0.2, 0.25) is 10.0 Å². The van der Waals surface area contributed by atoms with Crippen molar-refractivity contribution in [2.45, 2.75) is 37.2 Å². The van der Waals surface area contributed by atoms with Crippen LogP contribution < -0.4 is 0 Å². The molecule has 1 aromatic heterocycles. The second kappa shape index (κ2) is 6.21. The molecular formula is C15H18N4O3S. The molecule has 7 nitrogen and oxygen atoms in total. The molecule has 0 spiro atoms. The van der Waals surface area contributed by atoms with Crippen LogP contribution in [0.3, 0.4) is 0 Å². The number of aromatic nitrogens is 3. The number of benzene rings is 1. The zero-order chi connectivity index (χ0) is 16.4. The summed E-state index contributed by atoms with van der Waals surface area (Å²) in [4.78, 5) is 13.0. The lowest BCUT2D eigenvalue weighted by molar-refractivity contribution is 0.101. The van der Waals surface area contributed by atoms with Crippen molar-refractivity contribution < 1.29 is 13.2 Å². The molecule has 1 fully saturated rings. The highest BCUT2D eigenvalue weighted by Crippen LogP contribution is 2.27. The van der Waals surface area contributed by atoms with Crippen molar-refractivity contribution in [3.63, 3.8) is 0 Å². The second-order valence-electron chi connectivity index (χ2n) is 5.58. The number of hydrogen-bond donors (Lipinski definition) is 0. The Morgan fingerprint density at radius 1 is 1.22 bits per heavy atom. The second-order valence-corrected chi connectivity index (χ2v) is 7.47. The van der Waals surface area contributed by atoms with E-state index < -0.39 is 10.0 Å². The summed E-state index contributed by atoms with van der Waals surface area (Å²) in [5, 5.41) is 8.09. The van der Waals surface area contributed by atoms with Gasteiger partial charge in [-0.25, -0.2) is 8.42 Å². The van der Waals surface area contributed by atoms with Gasteiger partial charge in [-0.05, 0) is 31.9 Å². The van der Waals surface area contributed by atoms with Gasteiger partial charge in [-0.15, -0.1) is 0 Å². The summed E-state index contributed by atoms with van der Waals surface area (Å²) in [6.07, 6.45) is 4.76. The molecule has 1 unspecified atom stereocenters. The lowest BCUT2D eigenvalue weighted by atomic mass is 10.2. The molecule has 2 heterocycles. The molecule has 2 aromatic rings. The van der Waals surface area contributed by atoms with Crippen molar-refractivity contribution in [1.29, 1.82) is 0 Å². The SMILES string of the molecule is CC(=O)c1ccc(S(=O)(=O)N2CCCC2Cn2nccn2)cc1. The Bertz CT molecular complexity index is 785. The lowest BCUT2D eigenvalue weighted by Crippen LogP contribution is -2.38. The summed E-state index contributed by atoms with van der Waals surface area (Å²) in [5.74, 6) is -0.0854. The van der Waals surface area contributed by atoms with E-state index in [0.717, 1.165) is 12.8 Å². The third kappa shape index (κ3) is 3.18. The highest BCUT2D eigenvalue weighted by atomic mass is 32.2. The van der Waals surface area contributed by atoms with Crippen LogP contribution in [0, 0.1) is 0 Å². The van der Waals surface area contributed by atoms with Crippen LogP contribution in [0.4, 0.5) is 0 Å². The van der Waals surface area contributed by atoms with Gasteiger partial charge >= 0.3 is 0 Å². The van der Waals surface area contributed by atoms with Gasteiger partial charge in [0, 0.05) is 18.2 Å². The molecule has 0 saturated carbocycles. The number of nitrogens with zero attached hydrogens (tertiary/aromatic N) is 4. The summed E-state index contributed by atoms with van der Waals surface area (Å²) in [7, 11) is -3.58. The largest absolute Gasteiger partial charge is 0.295 e. The van der Waals surface area contributed by atoms with E-state index in [1.165, 1.54) is 28.2 Å². The Balaban J connectivity index is 1.84. The van der Waals surface area contributed by atoms with Crippen LogP contribution in [-0.4, -0.2) is 46.1 Å². The zero-order valence-corrected chi connectivity index (χ0v) is 13.6. The minimum Gasteiger partial charge on any atom is -0.295 e. The van der Waals surface area contributed by atoms with Crippen molar-refractivity contribution in [2.24, 2.45) is 0 Å². The molecule has 0 radical (unpaired) electrons. The molecule has 1 aliphatic rings. The van der Waals surface area contributed by atoms with Crippen LogP contribution in [0.5, 0.6) is 0 Å². The molecule has 1 aliphatic heterocycles. The first kappa shape index (κ1) is 15.8. The summed E-state index contributed by atoms with van der Waals surface area (Å²) in [5.41, 5.74) is 0.502. The van der Waals surface area contributed by atoms with E-state index in [9.17, 15) is 13.2 Å². The Hall–Kier alpha value is -2.06. The van der Waals surface area contributed by atoms with Gasteiger partial charge in [-0.3, -0.25) is 4.79 Å². The number of carbonyl (C=O) groups excluding carboxylic acids is 1. The normalized spacial score (nSPS) is 19.1. The minimum absolute atomic E-state index is 0.0854. The zero-order valence-electron chi connectivity index (χ0n) is 12.8. The van der Waals surface area contributed by atoms with Gasteiger partial charge < -0.3 is 0 Å². The fourth-order valence-corrected chi connectivity index (χ4v) is 4.52. The molecule has 0 N–H and O–H groups in total. The molecule has 0 amide bonds. The number of Topliss-reactive ketones (excluding diaryl/α,β-unsaturated/α-hetero) is 1. The van der Waals surface area contributed by atoms with Crippen molar-refractivity contribution in [2.75, 3.05) is 6.54 Å². The van der Waals surface area contributed by atoms with Crippen molar-refractivity contribution >= 4 is 15.8 Å². The highest BCUT2D eigenvalue weighted by Gasteiger charge is 2.35. The topological polar surface area (TPSA) is 85.2 Å². The Labute approximate surface area is 135 Å². The van der Waals surface area contributed by atoms with Crippen LogP contribution in [-0.2, 0) is 16.6 Å². The van der Waals surface area contributed by atoms with Gasteiger partial charge in [-0.2, -0.15) is 19.3 Å². The third-order valence-corrected chi connectivity index (χ3v) is 6.00. The Morgan fingerprint density at radius 2 is 1.87 bits per heavy atom. The monoisotopic (exact) mass is 334 g/mol. The van der Waals surface area contributed by atoms with Gasteiger partial charge in [0.05, 0.1) is 23.8 Å². The molecule has 0 bridgehead atoms. The van der Waals surface area contributed by atoms with Gasteiger partial charge in [0.25, 0.3) is 0 Å². The summed E-state index contributed by atoms with van der Waals surface area (Å²) >= 11 is 0. The Morgan fingerprint density at radius 3 is 2.48 bits per heavy atom. The first-order valence-corrected chi connectivity index (χ1v) is 8.89. The maximum Gasteiger partial charge on any atom is 0.243 e. The fourth-order valence-electron chi connectivity index (χ4n) is 2.83. The van der Waals surface area contributed by atoms with Crippen molar-refractivity contribution in [3.8, 4) is 0 Å². The summed E-state index contributed by atoms with van der Waals surface area (Å²) in [6, 6.07) is 5.94. The number of rotatable bonds is 5. The van der Waals surface area contributed by atoms with E-state index in [1.54, 1.807) is 24.5 Å². The first-order chi connectivity index (χ1) is 11.0. The van der Waals surface area contributed by atoms with Gasteiger partial charge in [0.15, 0.2) is 5.78 Å². The van der Waals surface area contributed by atoms with Gasteiger partial charge in [-0.1, -0.05) is 12.1 Å². The maximum absolute atomic E-state index is 12.8. The molecule has 1 saturated heterocycles. The molecule has 1 atom stereocenters. The molecule has 1 aromatic carbocycles. The molecule has 8 heteroatoms. The van der Waals surface area contributed by atoms with Crippen LogP contribution in [0.1, 0.15) is 30.1 Å². The molecule has 3 rings (SSSR count). The predicted molar refractivity (Wildman–Crippen MR) is 83.4 cm³/mol. The first-order valence-electron chi connectivity index (χ1n) is 7.45. The average Bonchev–Trinajstić information content (AvgIpc) is 3.19. The Kier molecular flexibility index (Phi) is 4.27. The standard InChI is InChI=1S/C15H18N4O3S/c1-12(20)13-4-6-15(7-5-13)23(21,22)18-10-2-3-14(18)11-19-16-8-9-17-19/h4-9,14H,2-3,10-11H2,1H3. The maximum atomic E-state index is 12.8. The lowest BCUT2D eigenvalue weighted by Gasteiger charge is -2.23. The van der Waals surface area contributed by atoms with E-state index in [4.69, 9.17) is 0 Å². The number of carbonyl (C=O) groups is 1. The van der Waals surface area contributed by atoms with Crippen LogP contribution in [0.2, 0.25) is 0 Å². The summed E-state index contributed by atoms with van der Waals surface area (Å²) in [6.45, 7) is 2.39. The van der Waals surface area contributed by atoms with Crippen molar-refractivity contribution in [3.05, 3.63) is 42.2 Å². The van der Waals surface area contributed by atoms with Gasteiger partial charge in [0.1, 0.15) is 0 Å². The average molecular weight is 334 g/mol. The molecule has 23 heavy (non-hydrogen) atoms. The van der Waals surface area contributed by atoms with E-state index in [0.29, 0.717) is 18.7 Å². The molecule has 0 aliphatic carbocycles. The van der Waals surface area contributed by atoms with Crippen LogP contribution in [0.25, 0.3) is 0 Å². The van der Waals surface area contributed by atoms with Crippen LogP contribution >= 0.6 is 0 Å².